The van der Waals surface area contributed by atoms with Gasteiger partial charge in [-0.15, -0.1) is 0 Å². The molecule has 0 aliphatic heterocycles. The van der Waals surface area contributed by atoms with E-state index in [0.717, 1.165) is 23.1 Å². The van der Waals surface area contributed by atoms with E-state index in [1.54, 1.807) is 11.9 Å². The fourth-order valence-electron chi connectivity index (χ4n) is 2.04. The molecular formula is C16H21N3O. The van der Waals surface area contributed by atoms with E-state index in [-0.39, 0.29) is 11.9 Å². The van der Waals surface area contributed by atoms with Crippen molar-refractivity contribution in [2.24, 2.45) is 0 Å². The number of aromatic nitrogens is 1. The second kappa shape index (κ2) is 5.90. The fourth-order valence-corrected chi connectivity index (χ4v) is 2.04. The number of hydrogen-bond donors (Lipinski definition) is 1. The third-order valence-electron chi connectivity index (χ3n) is 3.40. The summed E-state index contributed by atoms with van der Waals surface area (Å²) in [7, 11) is 1.80. The summed E-state index contributed by atoms with van der Waals surface area (Å²) in [5.74, 6) is -0.0510. The first-order valence-electron chi connectivity index (χ1n) is 6.95. The number of nitrogens with one attached hydrogen (secondary N) is 1. The number of anilines is 1. The maximum atomic E-state index is 12.4. The second-order valence-electron chi connectivity index (χ2n) is 5.11. The SMILES string of the molecule is CCNc1cc(C(=O)N(C)C(C)C)nc2ccccc12. The average molecular weight is 271 g/mol. The molecule has 0 aliphatic carbocycles. The summed E-state index contributed by atoms with van der Waals surface area (Å²) in [6, 6.07) is 9.85. The zero-order valence-electron chi connectivity index (χ0n) is 12.5. The lowest BCUT2D eigenvalue weighted by Gasteiger charge is -2.21. The molecule has 1 N–H and O–H groups in total. The van der Waals surface area contributed by atoms with Gasteiger partial charge in [0.15, 0.2) is 0 Å². The monoisotopic (exact) mass is 271 g/mol. The molecule has 0 saturated heterocycles. The molecule has 0 fully saturated rings. The van der Waals surface area contributed by atoms with Crippen molar-refractivity contribution in [1.29, 1.82) is 0 Å². The average Bonchev–Trinajstić information content (AvgIpc) is 2.45. The lowest BCUT2D eigenvalue weighted by Crippen LogP contribution is -2.33. The molecule has 1 amide bonds. The van der Waals surface area contributed by atoms with Crippen molar-refractivity contribution < 1.29 is 4.79 Å². The van der Waals surface area contributed by atoms with Crippen LogP contribution in [0.15, 0.2) is 30.3 Å². The van der Waals surface area contributed by atoms with E-state index in [2.05, 4.69) is 10.3 Å². The summed E-state index contributed by atoms with van der Waals surface area (Å²) in [5.41, 5.74) is 2.28. The predicted octanol–water partition coefficient (Wildman–Crippen LogP) is 3.15. The van der Waals surface area contributed by atoms with Crippen molar-refractivity contribution in [3.05, 3.63) is 36.0 Å². The van der Waals surface area contributed by atoms with Gasteiger partial charge in [-0.2, -0.15) is 0 Å². The third-order valence-corrected chi connectivity index (χ3v) is 3.40. The van der Waals surface area contributed by atoms with Crippen LogP contribution in [0.4, 0.5) is 5.69 Å². The van der Waals surface area contributed by atoms with E-state index < -0.39 is 0 Å². The van der Waals surface area contributed by atoms with Crippen LogP contribution in [-0.2, 0) is 0 Å². The number of para-hydroxylation sites is 1. The Morgan fingerprint density at radius 2 is 2.05 bits per heavy atom. The topological polar surface area (TPSA) is 45.2 Å². The molecule has 2 aromatic rings. The van der Waals surface area contributed by atoms with Crippen LogP contribution in [-0.4, -0.2) is 35.4 Å². The third kappa shape index (κ3) is 2.74. The lowest BCUT2D eigenvalue weighted by atomic mass is 10.1. The van der Waals surface area contributed by atoms with Crippen LogP contribution >= 0.6 is 0 Å². The molecule has 4 nitrogen and oxygen atoms in total. The minimum absolute atomic E-state index is 0.0510. The molecule has 0 bridgehead atoms. The molecule has 0 spiro atoms. The maximum Gasteiger partial charge on any atom is 0.272 e. The Labute approximate surface area is 119 Å². The van der Waals surface area contributed by atoms with Gasteiger partial charge in [0.1, 0.15) is 5.69 Å². The normalized spacial score (nSPS) is 10.8. The summed E-state index contributed by atoms with van der Waals surface area (Å²) in [6.45, 7) is 6.83. The van der Waals surface area contributed by atoms with Crippen molar-refractivity contribution in [3.8, 4) is 0 Å². The van der Waals surface area contributed by atoms with Gasteiger partial charge in [-0.3, -0.25) is 4.79 Å². The number of carbonyl (C=O) groups excluding carboxylic acids is 1. The Balaban J connectivity index is 2.52. The number of amides is 1. The Hall–Kier alpha value is -2.10. The number of carbonyl (C=O) groups is 1. The molecule has 0 radical (unpaired) electrons. The summed E-state index contributed by atoms with van der Waals surface area (Å²) in [4.78, 5) is 18.6. The van der Waals surface area contributed by atoms with Gasteiger partial charge in [-0.1, -0.05) is 18.2 Å². The van der Waals surface area contributed by atoms with Gasteiger partial charge in [0, 0.05) is 30.7 Å². The van der Waals surface area contributed by atoms with Crippen molar-refractivity contribution in [1.82, 2.24) is 9.88 Å². The van der Waals surface area contributed by atoms with Gasteiger partial charge in [-0.25, -0.2) is 4.98 Å². The molecule has 106 valence electrons. The van der Waals surface area contributed by atoms with Crippen LogP contribution in [0, 0.1) is 0 Å². The van der Waals surface area contributed by atoms with Crippen molar-refractivity contribution in [2.75, 3.05) is 18.9 Å². The van der Waals surface area contributed by atoms with Crippen LogP contribution in [0.25, 0.3) is 10.9 Å². The molecule has 0 unspecified atom stereocenters. The zero-order valence-corrected chi connectivity index (χ0v) is 12.5. The first-order valence-corrected chi connectivity index (χ1v) is 6.95. The van der Waals surface area contributed by atoms with Crippen molar-refractivity contribution >= 4 is 22.5 Å². The van der Waals surface area contributed by atoms with Crippen LogP contribution in [0.2, 0.25) is 0 Å². The van der Waals surface area contributed by atoms with Gasteiger partial charge in [0.25, 0.3) is 5.91 Å². The largest absolute Gasteiger partial charge is 0.385 e. The Kier molecular flexibility index (Phi) is 4.23. The number of benzene rings is 1. The molecule has 1 heterocycles. The van der Waals surface area contributed by atoms with Gasteiger partial charge in [0.2, 0.25) is 0 Å². The van der Waals surface area contributed by atoms with E-state index in [9.17, 15) is 4.79 Å². The van der Waals surface area contributed by atoms with Gasteiger partial charge >= 0.3 is 0 Å². The first-order chi connectivity index (χ1) is 9.54. The maximum absolute atomic E-state index is 12.4. The highest BCUT2D eigenvalue weighted by Crippen LogP contribution is 2.23. The second-order valence-corrected chi connectivity index (χ2v) is 5.11. The number of fused-ring (bicyclic) bond motifs is 1. The first kappa shape index (κ1) is 14.3. The van der Waals surface area contributed by atoms with Gasteiger partial charge < -0.3 is 10.2 Å². The van der Waals surface area contributed by atoms with Crippen LogP contribution in [0.3, 0.4) is 0 Å². The minimum atomic E-state index is -0.0510. The molecule has 1 aromatic carbocycles. The standard InChI is InChI=1S/C16H21N3O/c1-5-17-14-10-15(16(20)19(4)11(2)3)18-13-9-7-6-8-12(13)14/h6-11H,5H2,1-4H3,(H,17,18). The molecule has 0 atom stereocenters. The predicted molar refractivity (Wildman–Crippen MR) is 83.1 cm³/mol. The smallest absolute Gasteiger partial charge is 0.272 e. The molecule has 20 heavy (non-hydrogen) atoms. The molecule has 4 heteroatoms. The molecule has 0 saturated carbocycles. The van der Waals surface area contributed by atoms with Crippen molar-refractivity contribution in [2.45, 2.75) is 26.8 Å². The minimum Gasteiger partial charge on any atom is -0.385 e. The summed E-state index contributed by atoms with van der Waals surface area (Å²) in [6.07, 6.45) is 0. The lowest BCUT2D eigenvalue weighted by molar-refractivity contribution is 0.0749. The van der Waals surface area contributed by atoms with Gasteiger partial charge in [0.05, 0.1) is 5.52 Å². The molecule has 2 rings (SSSR count). The molecular weight excluding hydrogens is 250 g/mol. The molecule has 0 aliphatic rings. The Morgan fingerprint density at radius 3 is 2.70 bits per heavy atom. The summed E-state index contributed by atoms with van der Waals surface area (Å²) >= 11 is 0. The zero-order chi connectivity index (χ0) is 14.7. The van der Waals surface area contributed by atoms with Crippen LogP contribution in [0.5, 0.6) is 0 Å². The Morgan fingerprint density at radius 1 is 1.35 bits per heavy atom. The fraction of sp³-hybridized carbons (Fsp3) is 0.375. The van der Waals surface area contributed by atoms with E-state index in [0.29, 0.717) is 5.69 Å². The van der Waals surface area contributed by atoms with Crippen LogP contribution < -0.4 is 5.32 Å². The quantitative estimate of drug-likeness (QED) is 0.929. The highest BCUT2D eigenvalue weighted by molar-refractivity contribution is 5.99. The van der Waals surface area contributed by atoms with E-state index >= 15 is 0 Å². The number of rotatable bonds is 4. The van der Waals surface area contributed by atoms with E-state index in [1.165, 1.54) is 0 Å². The molecule has 1 aromatic heterocycles. The van der Waals surface area contributed by atoms with Crippen LogP contribution in [0.1, 0.15) is 31.3 Å². The summed E-state index contributed by atoms with van der Waals surface area (Å²) in [5, 5.41) is 4.34. The Bertz CT molecular complexity index is 622. The highest BCUT2D eigenvalue weighted by atomic mass is 16.2. The van der Waals surface area contributed by atoms with Crippen molar-refractivity contribution in [3.63, 3.8) is 0 Å². The van der Waals surface area contributed by atoms with Gasteiger partial charge in [-0.05, 0) is 32.9 Å². The summed E-state index contributed by atoms with van der Waals surface area (Å²) < 4.78 is 0. The highest BCUT2D eigenvalue weighted by Gasteiger charge is 2.17. The van der Waals surface area contributed by atoms with E-state index in [4.69, 9.17) is 0 Å². The number of nitrogens with zero attached hydrogens (tertiary/aromatic N) is 2. The van der Waals surface area contributed by atoms with E-state index in [1.807, 2.05) is 51.1 Å². The number of pyridine rings is 1. The number of hydrogen-bond acceptors (Lipinski definition) is 3.